The Morgan fingerprint density at radius 3 is 3.12 bits per heavy atom. The molecular formula is C11H15N5O. The van der Waals surface area contributed by atoms with Crippen LogP contribution in [0, 0.1) is 6.92 Å². The van der Waals surface area contributed by atoms with Gasteiger partial charge in [-0.05, 0) is 13.8 Å². The molecule has 0 saturated heterocycles. The van der Waals surface area contributed by atoms with Crippen molar-refractivity contribution in [1.29, 1.82) is 0 Å². The third-order valence-electron chi connectivity index (χ3n) is 2.37. The summed E-state index contributed by atoms with van der Waals surface area (Å²) in [5.41, 5.74) is 2.37. The van der Waals surface area contributed by atoms with E-state index < -0.39 is 0 Å². The van der Waals surface area contributed by atoms with Gasteiger partial charge in [0.25, 0.3) is 0 Å². The topological polar surface area (TPSA) is 86.7 Å². The second-order valence-corrected chi connectivity index (χ2v) is 3.81. The van der Waals surface area contributed by atoms with Gasteiger partial charge < -0.3 is 15.4 Å². The van der Waals surface area contributed by atoms with Gasteiger partial charge in [0.05, 0.1) is 12.9 Å². The van der Waals surface area contributed by atoms with E-state index in [1.54, 1.807) is 6.33 Å². The number of aryl methyl sites for hydroxylation is 1. The van der Waals surface area contributed by atoms with Gasteiger partial charge in [-0.3, -0.25) is 0 Å². The summed E-state index contributed by atoms with van der Waals surface area (Å²) >= 11 is 0. The predicted molar refractivity (Wildman–Crippen MR) is 65.8 cm³/mol. The van der Waals surface area contributed by atoms with Crippen molar-refractivity contribution in [2.75, 3.05) is 18.5 Å². The molecule has 0 saturated carbocycles. The maximum absolute atomic E-state index is 8.88. The van der Waals surface area contributed by atoms with E-state index in [-0.39, 0.29) is 6.61 Å². The Kier molecular flexibility index (Phi) is 3.34. The molecule has 0 bridgehead atoms. The van der Waals surface area contributed by atoms with Crippen LogP contribution in [-0.2, 0) is 0 Å². The fourth-order valence-corrected chi connectivity index (χ4v) is 1.46. The molecule has 17 heavy (non-hydrogen) atoms. The van der Waals surface area contributed by atoms with E-state index >= 15 is 0 Å². The molecule has 2 rings (SSSR count). The second kappa shape index (κ2) is 4.92. The van der Waals surface area contributed by atoms with Gasteiger partial charge in [-0.1, -0.05) is 11.6 Å². The lowest BCUT2D eigenvalue weighted by molar-refractivity contribution is 0.331. The normalized spacial score (nSPS) is 12.1. The molecule has 0 fully saturated rings. The molecule has 0 atom stereocenters. The number of nitrogens with zero attached hydrogens (tertiary/aromatic N) is 3. The first kappa shape index (κ1) is 11.5. The van der Waals surface area contributed by atoms with Crippen LogP contribution >= 0.6 is 0 Å². The Hall–Kier alpha value is -1.95. The molecule has 2 aromatic rings. The van der Waals surface area contributed by atoms with Gasteiger partial charge in [-0.15, -0.1) is 0 Å². The van der Waals surface area contributed by atoms with Crippen LogP contribution in [0.4, 0.5) is 5.82 Å². The summed E-state index contributed by atoms with van der Waals surface area (Å²) in [6.07, 6.45) is 3.51. The summed E-state index contributed by atoms with van der Waals surface area (Å²) in [5.74, 6) is 1.40. The third-order valence-corrected chi connectivity index (χ3v) is 2.37. The van der Waals surface area contributed by atoms with Gasteiger partial charge in [0.1, 0.15) is 11.3 Å². The standard InChI is InChI=1S/C11H15N5O/c1-7(5-17)3-4-12-10-9-11(14-6-13-9)16-8(2)15-10/h3,6,17H,4-5H2,1-2H3,(H2,12,13,14,15,16). The predicted octanol–water partition coefficient (Wildman–Crippen LogP) is 1.01. The monoisotopic (exact) mass is 233 g/mol. The number of hydrogen-bond donors (Lipinski definition) is 3. The lowest BCUT2D eigenvalue weighted by atomic mass is 10.3. The number of aliphatic hydroxyl groups excluding tert-OH is 1. The molecule has 0 aliphatic heterocycles. The molecule has 0 unspecified atom stereocenters. The number of imidazole rings is 1. The number of rotatable bonds is 4. The summed E-state index contributed by atoms with van der Waals surface area (Å²) in [7, 11) is 0. The molecule has 6 nitrogen and oxygen atoms in total. The SMILES string of the molecule is CC(=CCNc1nc(C)nc2nc[nH]c12)CO. The average molecular weight is 233 g/mol. The van der Waals surface area contributed by atoms with Crippen molar-refractivity contribution in [2.45, 2.75) is 13.8 Å². The molecule has 2 aromatic heterocycles. The first-order chi connectivity index (χ1) is 8.20. The fraction of sp³-hybridized carbons (Fsp3) is 0.364. The van der Waals surface area contributed by atoms with E-state index in [4.69, 9.17) is 5.11 Å². The van der Waals surface area contributed by atoms with Crippen molar-refractivity contribution in [3.05, 3.63) is 23.8 Å². The molecule has 0 aliphatic carbocycles. The first-order valence-corrected chi connectivity index (χ1v) is 5.39. The highest BCUT2D eigenvalue weighted by Gasteiger charge is 2.06. The summed E-state index contributed by atoms with van der Waals surface area (Å²) in [4.78, 5) is 15.6. The van der Waals surface area contributed by atoms with E-state index in [0.29, 0.717) is 18.0 Å². The van der Waals surface area contributed by atoms with Gasteiger partial charge in [-0.2, -0.15) is 0 Å². The largest absolute Gasteiger partial charge is 0.392 e. The molecular weight excluding hydrogens is 218 g/mol. The molecule has 2 heterocycles. The number of aliphatic hydroxyl groups is 1. The minimum absolute atomic E-state index is 0.0734. The van der Waals surface area contributed by atoms with Crippen molar-refractivity contribution in [3.8, 4) is 0 Å². The Balaban J connectivity index is 2.20. The Labute approximate surface area is 98.8 Å². The number of fused-ring (bicyclic) bond motifs is 1. The second-order valence-electron chi connectivity index (χ2n) is 3.81. The summed E-state index contributed by atoms with van der Waals surface area (Å²) in [6, 6.07) is 0. The lowest BCUT2D eigenvalue weighted by Gasteiger charge is -2.05. The van der Waals surface area contributed by atoms with E-state index in [9.17, 15) is 0 Å². The van der Waals surface area contributed by atoms with Crippen molar-refractivity contribution in [3.63, 3.8) is 0 Å². The molecule has 0 aromatic carbocycles. The summed E-state index contributed by atoms with van der Waals surface area (Å²) in [5, 5.41) is 12.0. The van der Waals surface area contributed by atoms with Crippen LogP contribution < -0.4 is 5.32 Å². The number of anilines is 1. The maximum Gasteiger partial charge on any atom is 0.183 e. The zero-order valence-corrected chi connectivity index (χ0v) is 9.86. The summed E-state index contributed by atoms with van der Waals surface area (Å²) < 4.78 is 0. The highest BCUT2D eigenvalue weighted by atomic mass is 16.3. The van der Waals surface area contributed by atoms with Crippen LogP contribution in [0.1, 0.15) is 12.7 Å². The van der Waals surface area contributed by atoms with Crippen LogP contribution in [0.15, 0.2) is 18.0 Å². The minimum Gasteiger partial charge on any atom is -0.392 e. The number of nitrogens with one attached hydrogen (secondary N) is 2. The molecule has 0 amide bonds. The molecule has 6 heteroatoms. The van der Waals surface area contributed by atoms with Crippen molar-refractivity contribution >= 4 is 17.0 Å². The maximum atomic E-state index is 8.88. The number of hydrogen-bond acceptors (Lipinski definition) is 5. The molecule has 0 radical (unpaired) electrons. The molecule has 0 spiro atoms. The van der Waals surface area contributed by atoms with E-state index in [1.165, 1.54) is 0 Å². The fourth-order valence-electron chi connectivity index (χ4n) is 1.46. The van der Waals surface area contributed by atoms with Crippen LogP contribution in [0.25, 0.3) is 11.2 Å². The summed E-state index contributed by atoms with van der Waals surface area (Å²) in [6.45, 7) is 4.38. The van der Waals surface area contributed by atoms with Crippen molar-refractivity contribution in [1.82, 2.24) is 19.9 Å². The third kappa shape index (κ3) is 2.59. The van der Waals surface area contributed by atoms with Gasteiger partial charge in [0.15, 0.2) is 11.5 Å². The van der Waals surface area contributed by atoms with E-state index in [1.807, 2.05) is 19.9 Å². The number of aromatic nitrogens is 4. The molecule has 0 aliphatic rings. The Morgan fingerprint density at radius 2 is 2.35 bits per heavy atom. The van der Waals surface area contributed by atoms with Gasteiger partial charge in [0, 0.05) is 6.54 Å². The van der Waals surface area contributed by atoms with Gasteiger partial charge in [-0.25, -0.2) is 15.0 Å². The quantitative estimate of drug-likeness (QED) is 0.686. The van der Waals surface area contributed by atoms with Crippen molar-refractivity contribution in [2.24, 2.45) is 0 Å². The number of aromatic amines is 1. The van der Waals surface area contributed by atoms with E-state index in [2.05, 4.69) is 25.3 Å². The zero-order chi connectivity index (χ0) is 12.3. The first-order valence-electron chi connectivity index (χ1n) is 5.39. The van der Waals surface area contributed by atoms with Crippen LogP contribution in [0.3, 0.4) is 0 Å². The van der Waals surface area contributed by atoms with Crippen molar-refractivity contribution < 1.29 is 5.11 Å². The minimum atomic E-state index is 0.0734. The lowest BCUT2D eigenvalue weighted by Crippen LogP contribution is -2.04. The highest BCUT2D eigenvalue weighted by Crippen LogP contribution is 2.15. The average Bonchev–Trinajstić information content (AvgIpc) is 2.76. The van der Waals surface area contributed by atoms with Gasteiger partial charge >= 0.3 is 0 Å². The van der Waals surface area contributed by atoms with Crippen LogP contribution in [0.2, 0.25) is 0 Å². The Bertz CT molecular complexity index is 546. The van der Waals surface area contributed by atoms with Crippen LogP contribution in [-0.4, -0.2) is 38.2 Å². The van der Waals surface area contributed by atoms with Crippen LogP contribution in [0.5, 0.6) is 0 Å². The molecule has 90 valence electrons. The number of H-pyrrole nitrogens is 1. The molecule has 3 N–H and O–H groups in total. The zero-order valence-electron chi connectivity index (χ0n) is 9.86. The van der Waals surface area contributed by atoms with E-state index in [0.717, 1.165) is 16.9 Å². The smallest absolute Gasteiger partial charge is 0.183 e. The van der Waals surface area contributed by atoms with Gasteiger partial charge in [0.2, 0.25) is 0 Å². The Morgan fingerprint density at radius 1 is 1.53 bits per heavy atom. The highest BCUT2D eigenvalue weighted by molar-refractivity contribution is 5.82.